The summed E-state index contributed by atoms with van der Waals surface area (Å²) in [7, 11) is -4.02. The van der Waals surface area contributed by atoms with Gasteiger partial charge in [0, 0.05) is 12.1 Å². The van der Waals surface area contributed by atoms with E-state index in [-0.39, 0.29) is 23.5 Å². The van der Waals surface area contributed by atoms with Gasteiger partial charge in [-0.25, -0.2) is 13.4 Å². The Morgan fingerprint density at radius 3 is 2.27 bits per heavy atom. The molecule has 0 unspecified atom stereocenters. The molecule has 1 fully saturated rings. The molecule has 1 saturated carbocycles. The predicted octanol–water partition coefficient (Wildman–Crippen LogP) is 6.14. The summed E-state index contributed by atoms with van der Waals surface area (Å²) in [4.78, 5) is 17.0. The topological polar surface area (TPSA) is 110 Å². The van der Waals surface area contributed by atoms with Gasteiger partial charge in [0.05, 0.1) is 17.6 Å². The summed E-state index contributed by atoms with van der Waals surface area (Å²) in [6.07, 6.45) is 3.11. The van der Waals surface area contributed by atoms with Crippen molar-refractivity contribution in [3.63, 3.8) is 0 Å². The van der Waals surface area contributed by atoms with Crippen LogP contribution >= 0.6 is 0 Å². The lowest BCUT2D eigenvalue weighted by molar-refractivity contribution is -0.143. The quantitative estimate of drug-likeness (QED) is 0.296. The third-order valence-electron chi connectivity index (χ3n) is 7.64. The van der Waals surface area contributed by atoms with Crippen LogP contribution in [-0.2, 0) is 26.2 Å². The van der Waals surface area contributed by atoms with Crippen LogP contribution in [0.2, 0.25) is 0 Å². The number of hydrogen-bond acceptors (Lipinski definition) is 6. The standard InChI is InChI=1S/C31H40N2O6S/c1-20(2)29(31(34)35)33(40(36,37)27-15-11-22(4)12-16-27)18-24-7-6-8-26(17-24)38-19-28-23(5)39-30(32-28)25-13-9-21(3)10-14-25/h9-16,20,24,26,29H,6-8,17-19H2,1-5H3,(H,34,35)/t24-,26+,29-/m0/s1. The summed E-state index contributed by atoms with van der Waals surface area (Å²) in [5.74, 6) is -0.296. The van der Waals surface area contributed by atoms with Gasteiger partial charge in [0.2, 0.25) is 15.9 Å². The molecule has 0 saturated heterocycles. The minimum Gasteiger partial charge on any atom is -0.480 e. The molecule has 2 aromatic carbocycles. The van der Waals surface area contributed by atoms with Gasteiger partial charge in [0.1, 0.15) is 17.5 Å². The van der Waals surface area contributed by atoms with E-state index >= 15 is 0 Å². The molecular weight excluding hydrogens is 528 g/mol. The molecule has 0 spiro atoms. The molecule has 4 rings (SSSR count). The molecule has 8 nitrogen and oxygen atoms in total. The summed E-state index contributed by atoms with van der Waals surface area (Å²) >= 11 is 0. The smallest absolute Gasteiger partial charge is 0.322 e. The molecule has 9 heteroatoms. The average Bonchev–Trinajstić information content (AvgIpc) is 3.28. The van der Waals surface area contributed by atoms with Crippen molar-refractivity contribution in [3.8, 4) is 11.5 Å². The largest absolute Gasteiger partial charge is 0.480 e. The zero-order valence-corrected chi connectivity index (χ0v) is 24.8. The third-order valence-corrected chi connectivity index (χ3v) is 9.50. The predicted molar refractivity (Wildman–Crippen MR) is 153 cm³/mol. The number of aliphatic carboxylic acids is 1. The molecule has 1 aliphatic carbocycles. The maximum absolute atomic E-state index is 13.7. The number of ether oxygens (including phenoxy) is 1. The normalized spacial score (nSPS) is 18.8. The Hall–Kier alpha value is -3.01. The number of carbonyl (C=O) groups is 1. The van der Waals surface area contributed by atoms with Crippen LogP contribution in [0.4, 0.5) is 0 Å². The molecule has 1 heterocycles. The summed E-state index contributed by atoms with van der Waals surface area (Å²) in [5, 5.41) is 10.0. The Labute approximate surface area is 237 Å². The van der Waals surface area contributed by atoms with E-state index in [0.29, 0.717) is 24.7 Å². The van der Waals surface area contributed by atoms with Crippen LogP contribution in [-0.4, -0.2) is 47.5 Å². The van der Waals surface area contributed by atoms with Crippen LogP contribution in [0.1, 0.15) is 62.1 Å². The maximum atomic E-state index is 13.7. The third kappa shape index (κ3) is 7.00. The van der Waals surface area contributed by atoms with Crippen molar-refractivity contribution in [1.82, 2.24) is 9.29 Å². The fraction of sp³-hybridized carbons (Fsp3) is 0.484. The Kier molecular flexibility index (Phi) is 9.48. The van der Waals surface area contributed by atoms with Gasteiger partial charge in [-0.1, -0.05) is 55.7 Å². The summed E-state index contributed by atoms with van der Waals surface area (Å²) in [6, 6.07) is 13.4. The minimum atomic E-state index is -4.02. The zero-order chi connectivity index (χ0) is 29.0. The van der Waals surface area contributed by atoms with E-state index in [0.717, 1.165) is 41.6 Å². The van der Waals surface area contributed by atoms with E-state index in [2.05, 4.69) is 4.98 Å². The highest BCUT2D eigenvalue weighted by molar-refractivity contribution is 7.89. The average molecular weight is 569 g/mol. The molecule has 0 bridgehead atoms. The summed E-state index contributed by atoms with van der Waals surface area (Å²) in [5.41, 5.74) is 3.75. The number of benzene rings is 2. The van der Waals surface area contributed by atoms with Crippen molar-refractivity contribution in [2.45, 2.75) is 84.0 Å². The lowest BCUT2D eigenvalue weighted by atomic mass is 9.86. The number of nitrogens with zero attached hydrogens (tertiary/aromatic N) is 2. The molecule has 0 aliphatic heterocycles. The first-order valence-corrected chi connectivity index (χ1v) is 15.4. The number of aromatic nitrogens is 1. The lowest BCUT2D eigenvalue weighted by Crippen LogP contribution is -2.50. The minimum absolute atomic E-state index is 0.0268. The monoisotopic (exact) mass is 568 g/mol. The highest BCUT2D eigenvalue weighted by atomic mass is 32.2. The first-order valence-electron chi connectivity index (χ1n) is 13.9. The molecule has 0 radical (unpaired) electrons. The molecule has 1 N–H and O–H groups in total. The molecule has 1 aromatic heterocycles. The van der Waals surface area contributed by atoms with Gasteiger partial charge in [0.25, 0.3) is 0 Å². The number of aryl methyl sites for hydroxylation is 3. The van der Waals surface area contributed by atoms with Crippen molar-refractivity contribution >= 4 is 16.0 Å². The van der Waals surface area contributed by atoms with Crippen molar-refractivity contribution < 1.29 is 27.5 Å². The highest BCUT2D eigenvalue weighted by Gasteiger charge is 2.40. The Morgan fingerprint density at radius 2 is 1.68 bits per heavy atom. The molecule has 0 amide bonds. The van der Waals surface area contributed by atoms with Crippen molar-refractivity contribution in [2.75, 3.05) is 6.54 Å². The second-order valence-corrected chi connectivity index (χ2v) is 13.2. The number of oxazole rings is 1. The zero-order valence-electron chi connectivity index (χ0n) is 24.0. The maximum Gasteiger partial charge on any atom is 0.322 e. The van der Waals surface area contributed by atoms with Crippen LogP contribution in [0.3, 0.4) is 0 Å². The first kappa shape index (κ1) is 30.0. The van der Waals surface area contributed by atoms with Gasteiger partial charge in [-0.05, 0) is 76.1 Å². The Bertz CT molecular complexity index is 1400. The van der Waals surface area contributed by atoms with E-state index in [1.165, 1.54) is 4.31 Å². The summed E-state index contributed by atoms with van der Waals surface area (Å²) < 4.78 is 40.9. The van der Waals surface area contributed by atoms with E-state index < -0.39 is 28.0 Å². The van der Waals surface area contributed by atoms with Gasteiger partial charge in [0.15, 0.2) is 0 Å². The molecule has 40 heavy (non-hydrogen) atoms. The Balaban J connectivity index is 1.47. The van der Waals surface area contributed by atoms with Crippen LogP contribution in [0.5, 0.6) is 0 Å². The second kappa shape index (κ2) is 12.7. The van der Waals surface area contributed by atoms with Crippen LogP contribution in [0.15, 0.2) is 57.8 Å². The fourth-order valence-corrected chi connectivity index (χ4v) is 7.13. The number of carboxylic acid groups (broad SMARTS) is 1. The van der Waals surface area contributed by atoms with E-state index in [4.69, 9.17) is 9.15 Å². The fourth-order valence-electron chi connectivity index (χ4n) is 5.34. The molecule has 1 aliphatic rings. The second-order valence-electron chi connectivity index (χ2n) is 11.3. The van der Waals surface area contributed by atoms with Crippen LogP contribution in [0.25, 0.3) is 11.5 Å². The Morgan fingerprint density at radius 1 is 1.05 bits per heavy atom. The van der Waals surface area contributed by atoms with Crippen LogP contribution < -0.4 is 0 Å². The van der Waals surface area contributed by atoms with Crippen molar-refractivity contribution in [3.05, 3.63) is 71.1 Å². The van der Waals surface area contributed by atoms with Gasteiger partial charge in [-0.3, -0.25) is 4.79 Å². The van der Waals surface area contributed by atoms with Crippen molar-refractivity contribution in [2.24, 2.45) is 11.8 Å². The lowest BCUT2D eigenvalue weighted by Gasteiger charge is -2.36. The number of carboxylic acids is 1. The molecule has 216 valence electrons. The van der Waals surface area contributed by atoms with E-state index in [1.54, 1.807) is 38.1 Å². The van der Waals surface area contributed by atoms with Crippen LogP contribution in [0, 0.1) is 32.6 Å². The number of sulfonamides is 1. The molecule has 3 atom stereocenters. The number of hydrogen-bond donors (Lipinski definition) is 1. The van der Waals surface area contributed by atoms with Gasteiger partial charge in [-0.2, -0.15) is 4.31 Å². The summed E-state index contributed by atoms with van der Waals surface area (Å²) in [6.45, 7) is 9.71. The van der Waals surface area contributed by atoms with Gasteiger partial charge >= 0.3 is 5.97 Å². The van der Waals surface area contributed by atoms with Gasteiger partial charge in [-0.15, -0.1) is 0 Å². The SMILES string of the molecule is Cc1ccc(-c2nc(CO[C@@H]3CCC[C@H](CN([C@H](C(=O)O)C(C)C)S(=O)(=O)c4ccc(C)cc4)C3)c(C)o2)cc1. The molecule has 3 aromatic rings. The highest BCUT2D eigenvalue weighted by Crippen LogP contribution is 2.32. The van der Waals surface area contributed by atoms with Crippen molar-refractivity contribution in [1.29, 1.82) is 0 Å². The first-order chi connectivity index (χ1) is 19.0. The van der Waals surface area contributed by atoms with E-state index in [9.17, 15) is 18.3 Å². The van der Waals surface area contributed by atoms with E-state index in [1.807, 2.05) is 45.0 Å². The number of rotatable bonds is 11. The molecular formula is C31H40N2O6S. The van der Waals surface area contributed by atoms with Gasteiger partial charge < -0.3 is 14.3 Å².